The number of likely N-dealkylation sites (tertiary alicyclic amines) is 1. The molecule has 2 heterocycles. The summed E-state index contributed by atoms with van der Waals surface area (Å²) in [5, 5.41) is 0. The van der Waals surface area contributed by atoms with Crippen molar-refractivity contribution in [2.45, 2.75) is 24.2 Å². The highest BCUT2D eigenvalue weighted by molar-refractivity contribution is 7.89. The fourth-order valence-electron chi connectivity index (χ4n) is 3.39. The van der Waals surface area contributed by atoms with Crippen molar-refractivity contribution in [2.24, 2.45) is 0 Å². The van der Waals surface area contributed by atoms with Crippen LogP contribution in [-0.4, -0.2) is 48.8 Å². The van der Waals surface area contributed by atoms with Crippen LogP contribution in [-0.2, 0) is 14.8 Å². The van der Waals surface area contributed by atoms with Crippen molar-refractivity contribution < 1.29 is 13.2 Å². The summed E-state index contributed by atoms with van der Waals surface area (Å²) in [5.74, 6) is 0.857. The van der Waals surface area contributed by atoms with E-state index in [0.717, 1.165) is 18.5 Å². The number of nitrogens with zero attached hydrogens (tertiary/aromatic N) is 2. The molecule has 1 saturated heterocycles. The van der Waals surface area contributed by atoms with E-state index >= 15 is 0 Å². The largest absolute Gasteiger partial charge is 0.343 e. The highest BCUT2D eigenvalue weighted by Gasteiger charge is 2.20. The summed E-state index contributed by atoms with van der Waals surface area (Å²) >= 11 is 0. The van der Waals surface area contributed by atoms with Crippen molar-refractivity contribution in [3.8, 4) is 11.4 Å². The van der Waals surface area contributed by atoms with Gasteiger partial charge in [-0.05, 0) is 31.0 Å². The molecule has 4 rings (SSSR count). The molecular weight excluding hydrogens is 376 g/mol. The molecule has 0 atom stereocenters. The smallest absolute Gasteiger partial charge is 0.240 e. The Morgan fingerprint density at radius 2 is 1.96 bits per heavy atom. The highest BCUT2D eigenvalue weighted by atomic mass is 32.2. The molecule has 0 bridgehead atoms. The number of aromatic nitrogens is 2. The van der Waals surface area contributed by atoms with E-state index in [1.165, 1.54) is 0 Å². The minimum atomic E-state index is -3.62. The Morgan fingerprint density at radius 1 is 1.14 bits per heavy atom. The molecule has 7 nitrogen and oxygen atoms in total. The standard InChI is InChI=1S/C20H22N4O3S/c25-19-8-4-12-24(19)13-5-11-21-28(26,27)16-9-10-17-18(14-16)23-20(22-17)15-6-2-1-3-7-15/h1-3,6-7,9-10,14,21H,4-5,8,11-13H2,(H,22,23). The number of hydrogen-bond acceptors (Lipinski definition) is 4. The van der Waals surface area contributed by atoms with E-state index in [-0.39, 0.29) is 10.8 Å². The third kappa shape index (κ3) is 3.93. The minimum absolute atomic E-state index is 0.154. The van der Waals surface area contributed by atoms with E-state index in [9.17, 15) is 13.2 Å². The zero-order chi connectivity index (χ0) is 19.6. The van der Waals surface area contributed by atoms with Gasteiger partial charge < -0.3 is 9.88 Å². The van der Waals surface area contributed by atoms with E-state index in [4.69, 9.17) is 0 Å². The Bertz CT molecular complexity index is 1090. The second-order valence-electron chi connectivity index (χ2n) is 6.87. The van der Waals surface area contributed by atoms with Crippen LogP contribution in [0.2, 0.25) is 0 Å². The number of H-pyrrole nitrogens is 1. The molecule has 28 heavy (non-hydrogen) atoms. The maximum Gasteiger partial charge on any atom is 0.240 e. The second kappa shape index (κ2) is 7.73. The van der Waals surface area contributed by atoms with Crippen molar-refractivity contribution in [2.75, 3.05) is 19.6 Å². The monoisotopic (exact) mass is 398 g/mol. The molecule has 1 fully saturated rings. The van der Waals surface area contributed by atoms with Gasteiger partial charge in [0.2, 0.25) is 15.9 Å². The van der Waals surface area contributed by atoms with Crippen molar-refractivity contribution in [1.82, 2.24) is 19.6 Å². The SMILES string of the molecule is O=C1CCCN1CCCNS(=O)(=O)c1ccc2nc(-c3ccccc3)[nH]c2c1. The van der Waals surface area contributed by atoms with E-state index in [1.807, 2.05) is 30.3 Å². The fraction of sp³-hybridized carbons (Fsp3) is 0.300. The quantitative estimate of drug-likeness (QED) is 0.598. The first-order chi connectivity index (χ1) is 13.5. The Morgan fingerprint density at radius 3 is 2.71 bits per heavy atom. The normalized spacial score (nSPS) is 14.9. The summed E-state index contributed by atoms with van der Waals surface area (Å²) < 4.78 is 27.8. The summed E-state index contributed by atoms with van der Waals surface area (Å²) in [5.41, 5.74) is 2.33. The number of imidazole rings is 1. The zero-order valence-electron chi connectivity index (χ0n) is 15.4. The van der Waals surface area contributed by atoms with Gasteiger partial charge in [-0.1, -0.05) is 30.3 Å². The molecule has 3 aromatic rings. The predicted octanol–water partition coefficient (Wildman–Crippen LogP) is 2.52. The number of rotatable bonds is 7. The van der Waals surface area contributed by atoms with Crippen LogP contribution in [0, 0.1) is 0 Å². The summed E-state index contributed by atoms with van der Waals surface area (Å²) in [4.78, 5) is 21.3. The van der Waals surface area contributed by atoms with E-state index in [2.05, 4.69) is 14.7 Å². The third-order valence-corrected chi connectivity index (χ3v) is 6.34. The lowest BCUT2D eigenvalue weighted by atomic mass is 10.2. The van der Waals surface area contributed by atoms with Gasteiger partial charge in [0.25, 0.3) is 0 Å². The number of hydrogen-bond donors (Lipinski definition) is 2. The Kier molecular flexibility index (Phi) is 5.15. The first kappa shape index (κ1) is 18.6. The molecule has 0 radical (unpaired) electrons. The zero-order valence-corrected chi connectivity index (χ0v) is 16.2. The number of sulfonamides is 1. The van der Waals surface area contributed by atoms with Gasteiger partial charge in [-0.2, -0.15) is 0 Å². The predicted molar refractivity (Wildman–Crippen MR) is 107 cm³/mol. The molecule has 1 aliphatic rings. The molecular formula is C20H22N4O3S. The van der Waals surface area contributed by atoms with Crippen LogP contribution in [0.25, 0.3) is 22.4 Å². The summed E-state index contributed by atoms with van der Waals surface area (Å²) in [6.45, 7) is 1.65. The van der Waals surface area contributed by atoms with Crippen molar-refractivity contribution in [1.29, 1.82) is 0 Å². The molecule has 1 aromatic heterocycles. The maximum atomic E-state index is 12.6. The highest BCUT2D eigenvalue weighted by Crippen LogP contribution is 2.22. The first-order valence-electron chi connectivity index (χ1n) is 9.35. The van der Waals surface area contributed by atoms with Crippen molar-refractivity contribution in [3.63, 3.8) is 0 Å². The van der Waals surface area contributed by atoms with E-state index in [0.29, 0.717) is 42.8 Å². The fourth-order valence-corrected chi connectivity index (χ4v) is 4.49. The molecule has 0 aliphatic carbocycles. The number of benzene rings is 2. The maximum absolute atomic E-state index is 12.6. The van der Waals surface area contributed by atoms with Crippen molar-refractivity contribution >= 4 is 27.0 Å². The van der Waals surface area contributed by atoms with E-state index in [1.54, 1.807) is 23.1 Å². The summed E-state index contributed by atoms with van der Waals surface area (Å²) in [7, 11) is -3.62. The topological polar surface area (TPSA) is 95.2 Å². The number of aromatic amines is 1. The molecule has 2 aromatic carbocycles. The van der Waals surface area contributed by atoms with Crippen molar-refractivity contribution in [3.05, 3.63) is 48.5 Å². The lowest BCUT2D eigenvalue weighted by Gasteiger charge is -2.15. The summed E-state index contributed by atoms with van der Waals surface area (Å²) in [6, 6.07) is 14.5. The van der Waals surface area contributed by atoms with Gasteiger partial charge in [0.15, 0.2) is 0 Å². The van der Waals surface area contributed by atoms with Gasteiger partial charge in [-0.15, -0.1) is 0 Å². The van der Waals surface area contributed by atoms with Gasteiger partial charge in [-0.25, -0.2) is 18.1 Å². The molecule has 2 N–H and O–H groups in total. The van der Waals surface area contributed by atoms with Crippen LogP contribution >= 0.6 is 0 Å². The number of amides is 1. The van der Waals surface area contributed by atoms with Crippen LogP contribution in [0.15, 0.2) is 53.4 Å². The lowest BCUT2D eigenvalue weighted by Crippen LogP contribution is -2.30. The Hall–Kier alpha value is -2.71. The molecule has 8 heteroatoms. The first-order valence-corrected chi connectivity index (χ1v) is 10.8. The van der Waals surface area contributed by atoms with Gasteiger partial charge in [0.05, 0.1) is 15.9 Å². The van der Waals surface area contributed by atoms with Crippen LogP contribution in [0.3, 0.4) is 0 Å². The third-order valence-electron chi connectivity index (χ3n) is 4.88. The van der Waals surface area contributed by atoms with Gasteiger partial charge >= 0.3 is 0 Å². The van der Waals surface area contributed by atoms with Crippen LogP contribution in [0.5, 0.6) is 0 Å². The molecule has 1 amide bonds. The second-order valence-corrected chi connectivity index (χ2v) is 8.63. The van der Waals surface area contributed by atoms with Crippen LogP contribution < -0.4 is 4.72 Å². The van der Waals surface area contributed by atoms with E-state index < -0.39 is 10.0 Å². The van der Waals surface area contributed by atoms with Crippen LogP contribution in [0.4, 0.5) is 0 Å². The van der Waals surface area contributed by atoms with Gasteiger partial charge in [-0.3, -0.25) is 4.79 Å². The molecule has 0 spiro atoms. The Balaban J connectivity index is 1.44. The van der Waals surface area contributed by atoms with Crippen LogP contribution in [0.1, 0.15) is 19.3 Å². The lowest BCUT2D eigenvalue weighted by molar-refractivity contribution is -0.127. The average Bonchev–Trinajstić information content (AvgIpc) is 3.31. The number of nitrogens with one attached hydrogen (secondary N) is 2. The van der Waals surface area contributed by atoms with Gasteiger partial charge in [0.1, 0.15) is 5.82 Å². The molecule has 0 saturated carbocycles. The molecule has 146 valence electrons. The minimum Gasteiger partial charge on any atom is -0.343 e. The summed E-state index contributed by atoms with van der Waals surface area (Å²) in [6.07, 6.45) is 2.08. The molecule has 0 unspecified atom stereocenters. The number of fused-ring (bicyclic) bond motifs is 1. The Labute approximate surface area is 163 Å². The number of carbonyl (C=O) groups excluding carboxylic acids is 1. The number of carbonyl (C=O) groups is 1. The molecule has 1 aliphatic heterocycles. The van der Waals surface area contributed by atoms with Gasteiger partial charge in [0, 0.05) is 31.6 Å². The average molecular weight is 398 g/mol.